The molecule has 1 aromatic heterocycles. The molecule has 5 nitrogen and oxygen atoms in total. The Morgan fingerprint density at radius 1 is 0.943 bits per heavy atom. The van der Waals surface area contributed by atoms with Crippen molar-refractivity contribution in [3.05, 3.63) is 99.1 Å². The van der Waals surface area contributed by atoms with Crippen LogP contribution in [0.2, 0.25) is 0 Å². The molecule has 176 valence electrons. The first-order valence-electron chi connectivity index (χ1n) is 11.2. The lowest BCUT2D eigenvalue weighted by atomic mass is 10.1. The summed E-state index contributed by atoms with van der Waals surface area (Å²) in [6.45, 7) is 4.54. The second-order valence-electron chi connectivity index (χ2n) is 8.27. The second kappa shape index (κ2) is 9.76. The van der Waals surface area contributed by atoms with Crippen LogP contribution in [0.15, 0.2) is 82.2 Å². The maximum Gasteiger partial charge on any atom is 0.293 e. The number of hydrogen-bond donors (Lipinski definition) is 0. The van der Waals surface area contributed by atoms with Crippen LogP contribution >= 0.6 is 27.7 Å². The van der Waals surface area contributed by atoms with E-state index < -0.39 is 0 Å². The van der Waals surface area contributed by atoms with Crippen LogP contribution in [0.3, 0.4) is 0 Å². The molecule has 7 heteroatoms. The Morgan fingerprint density at radius 3 is 2.43 bits per heavy atom. The highest BCUT2D eigenvalue weighted by Gasteiger charge is 2.35. The van der Waals surface area contributed by atoms with Crippen LogP contribution in [0.5, 0.6) is 5.75 Å². The van der Waals surface area contributed by atoms with Gasteiger partial charge in [-0.05, 0) is 73.0 Å². The van der Waals surface area contributed by atoms with E-state index in [1.54, 1.807) is 0 Å². The third-order valence-corrected chi connectivity index (χ3v) is 7.64. The normalized spacial score (nSPS) is 14.9. The van der Waals surface area contributed by atoms with Crippen LogP contribution in [-0.2, 0) is 4.79 Å². The Bertz CT molecular complexity index is 1480. The highest BCUT2D eigenvalue weighted by atomic mass is 79.9. The van der Waals surface area contributed by atoms with Gasteiger partial charge in [-0.15, -0.1) is 0 Å². The van der Waals surface area contributed by atoms with E-state index >= 15 is 0 Å². The zero-order valence-corrected chi connectivity index (χ0v) is 21.7. The van der Waals surface area contributed by atoms with E-state index in [9.17, 15) is 9.59 Å². The number of thioether (sulfide) groups is 1. The lowest BCUT2D eigenvalue weighted by Gasteiger charge is -2.14. The van der Waals surface area contributed by atoms with Crippen LogP contribution < -0.4 is 4.74 Å². The third-order valence-electron chi connectivity index (χ3n) is 6.05. The van der Waals surface area contributed by atoms with E-state index in [2.05, 4.69) is 50.8 Å². The lowest BCUT2D eigenvalue weighted by Crippen LogP contribution is -2.32. The quantitative estimate of drug-likeness (QED) is 0.241. The van der Waals surface area contributed by atoms with Crippen molar-refractivity contribution in [2.75, 3.05) is 13.2 Å². The largest absolute Gasteiger partial charge is 0.492 e. The number of aryl methyl sites for hydroxylation is 1. The summed E-state index contributed by atoms with van der Waals surface area (Å²) in [4.78, 5) is 27.2. The lowest BCUT2D eigenvalue weighted by molar-refractivity contribution is -0.123. The van der Waals surface area contributed by atoms with Gasteiger partial charge in [0.15, 0.2) is 0 Å². The van der Waals surface area contributed by atoms with Crippen molar-refractivity contribution in [1.29, 1.82) is 0 Å². The Kier molecular flexibility index (Phi) is 6.54. The first-order chi connectivity index (χ1) is 16.9. The first-order valence-corrected chi connectivity index (χ1v) is 12.8. The van der Waals surface area contributed by atoms with E-state index in [1.165, 1.54) is 4.90 Å². The molecule has 1 fully saturated rings. The van der Waals surface area contributed by atoms with Gasteiger partial charge in [0.25, 0.3) is 11.1 Å². The average Bonchev–Trinajstić information content (AvgIpc) is 3.29. The van der Waals surface area contributed by atoms with Gasteiger partial charge in [0.2, 0.25) is 0 Å². The van der Waals surface area contributed by atoms with E-state index in [4.69, 9.17) is 4.74 Å². The summed E-state index contributed by atoms with van der Waals surface area (Å²) >= 11 is 4.62. The number of hydrogen-bond acceptors (Lipinski definition) is 4. The Hall–Kier alpha value is -3.29. The molecule has 0 spiro atoms. The average molecular weight is 547 g/mol. The van der Waals surface area contributed by atoms with Gasteiger partial charge in [-0.3, -0.25) is 14.5 Å². The molecule has 0 N–H and O–H groups in total. The van der Waals surface area contributed by atoms with Crippen molar-refractivity contribution < 1.29 is 14.3 Å². The number of benzene rings is 3. The maximum atomic E-state index is 13.0. The number of nitrogens with zero attached hydrogens (tertiary/aromatic N) is 2. The van der Waals surface area contributed by atoms with Gasteiger partial charge in [0.05, 0.1) is 17.1 Å². The third kappa shape index (κ3) is 4.54. The van der Waals surface area contributed by atoms with E-state index in [0.29, 0.717) is 10.7 Å². The van der Waals surface area contributed by atoms with E-state index in [0.717, 1.165) is 49.6 Å². The van der Waals surface area contributed by atoms with Crippen molar-refractivity contribution in [1.82, 2.24) is 9.47 Å². The second-order valence-corrected chi connectivity index (χ2v) is 10.1. The molecule has 1 aliphatic rings. The summed E-state index contributed by atoms with van der Waals surface area (Å²) in [6, 6.07) is 23.8. The predicted molar refractivity (Wildman–Crippen MR) is 145 cm³/mol. The van der Waals surface area contributed by atoms with Gasteiger partial charge in [0.1, 0.15) is 12.4 Å². The molecule has 5 rings (SSSR count). The zero-order chi connectivity index (χ0) is 24.5. The highest BCUT2D eigenvalue weighted by Crippen LogP contribution is 2.35. The molecular weight excluding hydrogens is 524 g/mol. The van der Waals surface area contributed by atoms with Crippen molar-refractivity contribution in [3.63, 3.8) is 0 Å². The summed E-state index contributed by atoms with van der Waals surface area (Å²) in [6.07, 6.45) is 1.82. The van der Waals surface area contributed by atoms with Crippen LogP contribution in [0, 0.1) is 13.8 Å². The summed E-state index contributed by atoms with van der Waals surface area (Å²) in [7, 11) is 0. The Morgan fingerprint density at radius 2 is 1.66 bits per heavy atom. The molecule has 0 atom stereocenters. The highest BCUT2D eigenvalue weighted by molar-refractivity contribution is 9.10. The number of ether oxygens (including phenoxy) is 1. The Labute approximate surface area is 216 Å². The molecular formula is C28H23BrN2O3S. The molecule has 2 amide bonds. The van der Waals surface area contributed by atoms with Gasteiger partial charge >= 0.3 is 0 Å². The topological polar surface area (TPSA) is 51.5 Å². The minimum atomic E-state index is -0.282. The molecule has 3 aromatic carbocycles. The smallest absolute Gasteiger partial charge is 0.293 e. The minimum absolute atomic E-state index is 0.209. The molecule has 0 unspecified atom stereocenters. The molecule has 2 heterocycles. The van der Waals surface area contributed by atoms with Crippen molar-refractivity contribution in [3.8, 4) is 11.4 Å². The molecule has 0 bridgehead atoms. The molecule has 35 heavy (non-hydrogen) atoms. The van der Waals surface area contributed by atoms with Gasteiger partial charge in [0, 0.05) is 21.2 Å². The van der Waals surface area contributed by atoms with Gasteiger partial charge in [-0.25, -0.2) is 0 Å². The minimum Gasteiger partial charge on any atom is -0.492 e. The van der Waals surface area contributed by atoms with E-state index in [1.807, 2.05) is 62.4 Å². The van der Waals surface area contributed by atoms with Crippen molar-refractivity contribution >= 4 is 55.7 Å². The number of carbonyl (C=O) groups excluding carboxylic acids is 2. The first kappa shape index (κ1) is 23.5. The van der Waals surface area contributed by atoms with Crippen LogP contribution in [0.1, 0.15) is 17.0 Å². The van der Waals surface area contributed by atoms with Crippen LogP contribution in [0.4, 0.5) is 4.79 Å². The number of carbonyl (C=O) groups is 2. The van der Waals surface area contributed by atoms with Gasteiger partial charge in [-0.2, -0.15) is 0 Å². The summed E-state index contributed by atoms with van der Waals surface area (Å²) in [5, 5.41) is 2.00. The molecule has 1 aliphatic heterocycles. The molecule has 1 saturated heterocycles. The molecule has 4 aromatic rings. The number of rotatable bonds is 6. The van der Waals surface area contributed by atoms with Crippen molar-refractivity contribution in [2.45, 2.75) is 13.8 Å². The fraction of sp³-hybridized carbons (Fsp3) is 0.143. The Balaban J connectivity index is 1.40. The standard InChI is InChI=1S/C28H23BrN2O3S/c1-18-16-20(19(2)31(18)25-13-12-24(29)22-10-6-7-11-23(22)25)17-26-27(32)30(28(33)35-26)14-15-34-21-8-4-3-5-9-21/h3-13,16-17H,14-15H2,1-2H3/b26-17-. The number of aromatic nitrogens is 1. The maximum absolute atomic E-state index is 13.0. The fourth-order valence-corrected chi connectivity index (χ4v) is 5.69. The monoisotopic (exact) mass is 546 g/mol. The van der Waals surface area contributed by atoms with Crippen LogP contribution in [0.25, 0.3) is 22.5 Å². The molecule has 0 aliphatic carbocycles. The van der Waals surface area contributed by atoms with Gasteiger partial charge in [-0.1, -0.05) is 58.4 Å². The fourth-order valence-electron chi connectivity index (χ4n) is 4.35. The van der Waals surface area contributed by atoms with Gasteiger partial charge < -0.3 is 9.30 Å². The molecule has 0 radical (unpaired) electrons. The summed E-state index contributed by atoms with van der Waals surface area (Å²) in [5.41, 5.74) is 4.05. The number of fused-ring (bicyclic) bond motifs is 1. The summed E-state index contributed by atoms with van der Waals surface area (Å²) < 4.78 is 8.91. The number of imide groups is 1. The zero-order valence-electron chi connectivity index (χ0n) is 19.3. The number of halogens is 1. The van der Waals surface area contributed by atoms with E-state index in [-0.39, 0.29) is 24.3 Å². The molecule has 0 saturated carbocycles. The number of amides is 2. The summed E-state index contributed by atoms with van der Waals surface area (Å²) in [5.74, 6) is 0.429. The van der Waals surface area contributed by atoms with Crippen LogP contribution in [-0.4, -0.2) is 33.8 Å². The number of para-hydroxylation sites is 1. The van der Waals surface area contributed by atoms with Crippen molar-refractivity contribution in [2.24, 2.45) is 0 Å². The SMILES string of the molecule is Cc1cc(/C=C2\SC(=O)N(CCOc3ccccc3)C2=O)c(C)n1-c1ccc(Br)c2ccccc12. The predicted octanol–water partition coefficient (Wildman–Crippen LogP) is 7.13.